The molecule has 0 aliphatic rings. The highest BCUT2D eigenvalue weighted by Gasteiger charge is 2.22. The molecule has 0 heterocycles. The third-order valence-electron chi connectivity index (χ3n) is 3.21. The molecule has 0 saturated heterocycles. The van der Waals surface area contributed by atoms with Crippen molar-refractivity contribution in [2.75, 3.05) is 7.11 Å². The standard InChI is InChI=1S/C14H17BrO4/c1-7-8(2)14(19-4)12(9(3)13(7)15)10(16)5-6-11(17)18/h5-6H2,1-4H3,(H,17,18). The van der Waals surface area contributed by atoms with E-state index in [4.69, 9.17) is 9.84 Å². The Balaban J connectivity index is 3.33. The van der Waals surface area contributed by atoms with Crippen LogP contribution in [0.4, 0.5) is 0 Å². The van der Waals surface area contributed by atoms with Crippen LogP contribution in [0, 0.1) is 20.8 Å². The number of Topliss-reactive ketones (excluding diaryl/α,β-unsaturated/α-hetero) is 1. The van der Waals surface area contributed by atoms with Gasteiger partial charge in [-0.25, -0.2) is 0 Å². The lowest BCUT2D eigenvalue weighted by Gasteiger charge is -2.17. The van der Waals surface area contributed by atoms with Crippen LogP contribution in [0.25, 0.3) is 0 Å². The maximum Gasteiger partial charge on any atom is 0.303 e. The van der Waals surface area contributed by atoms with Crippen molar-refractivity contribution in [1.82, 2.24) is 0 Å². The summed E-state index contributed by atoms with van der Waals surface area (Å²) in [4.78, 5) is 22.8. The summed E-state index contributed by atoms with van der Waals surface area (Å²) in [6.07, 6.45) is -0.201. The molecule has 5 heteroatoms. The van der Waals surface area contributed by atoms with Gasteiger partial charge in [0.2, 0.25) is 0 Å². The third kappa shape index (κ3) is 3.15. The van der Waals surface area contributed by atoms with E-state index in [1.807, 2.05) is 20.8 Å². The highest BCUT2D eigenvalue weighted by Crippen LogP contribution is 2.36. The molecular weight excluding hydrogens is 312 g/mol. The largest absolute Gasteiger partial charge is 0.496 e. The first-order valence-corrected chi connectivity index (χ1v) is 6.68. The molecule has 104 valence electrons. The van der Waals surface area contributed by atoms with E-state index in [0.717, 1.165) is 21.2 Å². The van der Waals surface area contributed by atoms with Gasteiger partial charge >= 0.3 is 5.97 Å². The zero-order valence-corrected chi connectivity index (χ0v) is 13.1. The Kier molecular flexibility index (Phi) is 5.11. The first kappa shape index (κ1) is 15.7. The summed E-state index contributed by atoms with van der Waals surface area (Å²) in [5.41, 5.74) is 3.16. The summed E-state index contributed by atoms with van der Waals surface area (Å²) in [5.74, 6) is -0.651. The average molecular weight is 329 g/mol. The number of rotatable bonds is 5. The zero-order chi connectivity index (χ0) is 14.7. The van der Waals surface area contributed by atoms with Crippen molar-refractivity contribution in [1.29, 1.82) is 0 Å². The Morgan fingerprint density at radius 1 is 1.11 bits per heavy atom. The third-order valence-corrected chi connectivity index (χ3v) is 4.40. The van der Waals surface area contributed by atoms with Gasteiger partial charge in [0, 0.05) is 10.9 Å². The van der Waals surface area contributed by atoms with E-state index in [0.29, 0.717) is 11.3 Å². The summed E-state index contributed by atoms with van der Waals surface area (Å²) >= 11 is 3.47. The van der Waals surface area contributed by atoms with Crippen molar-refractivity contribution >= 4 is 27.7 Å². The summed E-state index contributed by atoms with van der Waals surface area (Å²) < 4.78 is 6.20. The molecule has 0 unspecified atom stereocenters. The van der Waals surface area contributed by atoms with Crippen LogP contribution in [0.3, 0.4) is 0 Å². The molecule has 1 rings (SSSR count). The number of aliphatic carboxylic acids is 1. The van der Waals surface area contributed by atoms with E-state index in [-0.39, 0.29) is 18.6 Å². The fraction of sp³-hybridized carbons (Fsp3) is 0.429. The fourth-order valence-corrected chi connectivity index (χ4v) is 2.52. The SMILES string of the molecule is COc1c(C)c(C)c(Br)c(C)c1C(=O)CCC(=O)O. The molecule has 0 bridgehead atoms. The molecule has 0 radical (unpaired) electrons. The second-order valence-corrected chi connectivity index (χ2v) is 5.21. The summed E-state index contributed by atoms with van der Waals surface area (Å²) in [6.45, 7) is 5.65. The van der Waals surface area contributed by atoms with Gasteiger partial charge in [-0.05, 0) is 37.5 Å². The van der Waals surface area contributed by atoms with E-state index in [1.54, 1.807) is 0 Å². The van der Waals surface area contributed by atoms with E-state index < -0.39 is 5.97 Å². The van der Waals surface area contributed by atoms with Gasteiger partial charge in [0.1, 0.15) is 5.75 Å². The van der Waals surface area contributed by atoms with Gasteiger partial charge in [-0.1, -0.05) is 15.9 Å². The smallest absolute Gasteiger partial charge is 0.303 e. The molecule has 0 fully saturated rings. The molecule has 0 aliphatic heterocycles. The summed E-state index contributed by atoms with van der Waals surface area (Å²) in [6, 6.07) is 0. The predicted molar refractivity (Wildman–Crippen MR) is 76.1 cm³/mol. The second-order valence-electron chi connectivity index (χ2n) is 4.41. The van der Waals surface area contributed by atoms with Gasteiger partial charge < -0.3 is 9.84 Å². The molecule has 4 nitrogen and oxygen atoms in total. The normalized spacial score (nSPS) is 10.4. The number of hydrogen-bond donors (Lipinski definition) is 1. The van der Waals surface area contributed by atoms with Gasteiger partial charge in [-0.3, -0.25) is 9.59 Å². The van der Waals surface area contributed by atoms with Crippen LogP contribution < -0.4 is 4.74 Å². The average Bonchev–Trinajstić information content (AvgIpc) is 2.37. The quantitative estimate of drug-likeness (QED) is 0.841. The number of carboxylic acid groups (broad SMARTS) is 1. The Bertz CT molecular complexity index is 535. The molecule has 0 spiro atoms. The van der Waals surface area contributed by atoms with Crippen LogP contribution in [0.2, 0.25) is 0 Å². The summed E-state index contributed by atoms with van der Waals surface area (Å²) in [7, 11) is 1.52. The molecule has 1 aromatic rings. The zero-order valence-electron chi connectivity index (χ0n) is 11.5. The number of ether oxygens (including phenoxy) is 1. The number of carbonyl (C=O) groups is 2. The van der Waals surface area contributed by atoms with Gasteiger partial charge in [-0.2, -0.15) is 0 Å². The lowest BCUT2D eigenvalue weighted by Crippen LogP contribution is -2.10. The molecule has 0 aromatic heterocycles. The highest BCUT2D eigenvalue weighted by atomic mass is 79.9. The van der Waals surface area contributed by atoms with Crippen LogP contribution in [-0.4, -0.2) is 24.0 Å². The van der Waals surface area contributed by atoms with E-state index in [9.17, 15) is 9.59 Å². The molecule has 0 aliphatic carbocycles. The number of carbonyl (C=O) groups excluding carboxylic acids is 1. The van der Waals surface area contributed by atoms with Crippen LogP contribution in [0.1, 0.15) is 39.9 Å². The molecule has 0 atom stereocenters. The molecule has 19 heavy (non-hydrogen) atoms. The molecule has 0 amide bonds. The number of benzene rings is 1. The van der Waals surface area contributed by atoms with Crippen LogP contribution >= 0.6 is 15.9 Å². The van der Waals surface area contributed by atoms with Gasteiger partial charge in [-0.15, -0.1) is 0 Å². The minimum atomic E-state index is -0.979. The molecule has 1 aromatic carbocycles. The second kappa shape index (κ2) is 6.19. The van der Waals surface area contributed by atoms with Crippen LogP contribution in [-0.2, 0) is 4.79 Å². The van der Waals surface area contributed by atoms with E-state index in [2.05, 4.69) is 15.9 Å². The van der Waals surface area contributed by atoms with Crippen molar-refractivity contribution in [3.05, 3.63) is 26.7 Å². The maximum atomic E-state index is 12.2. The Morgan fingerprint density at radius 2 is 1.68 bits per heavy atom. The minimum absolute atomic E-state index is 0.0263. The minimum Gasteiger partial charge on any atom is -0.496 e. The van der Waals surface area contributed by atoms with Crippen molar-refractivity contribution < 1.29 is 19.4 Å². The van der Waals surface area contributed by atoms with E-state index in [1.165, 1.54) is 7.11 Å². The van der Waals surface area contributed by atoms with Crippen molar-refractivity contribution in [3.8, 4) is 5.75 Å². The van der Waals surface area contributed by atoms with Gasteiger partial charge in [0.25, 0.3) is 0 Å². The first-order chi connectivity index (χ1) is 8.81. The highest BCUT2D eigenvalue weighted by molar-refractivity contribution is 9.10. The lowest BCUT2D eigenvalue weighted by molar-refractivity contribution is -0.136. The Labute approximate surface area is 120 Å². The number of hydrogen-bond acceptors (Lipinski definition) is 3. The molecular formula is C14H17BrO4. The van der Waals surface area contributed by atoms with E-state index >= 15 is 0 Å². The number of halogens is 1. The van der Waals surface area contributed by atoms with Crippen molar-refractivity contribution in [2.45, 2.75) is 33.6 Å². The van der Waals surface area contributed by atoms with Crippen molar-refractivity contribution in [3.63, 3.8) is 0 Å². The fourth-order valence-electron chi connectivity index (χ4n) is 2.02. The summed E-state index contributed by atoms with van der Waals surface area (Å²) in [5, 5.41) is 8.67. The maximum absolute atomic E-state index is 12.2. The lowest BCUT2D eigenvalue weighted by atomic mass is 9.94. The topological polar surface area (TPSA) is 63.6 Å². The molecule has 0 saturated carbocycles. The Morgan fingerprint density at radius 3 is 2.16 bits per heavy atom. The molecule has 1 N–H and O–H groups in total. The first-order valence-electron chi connectivity index (χ1n) is 5.89. The van der Waals surface area contributed by atoms with Gasteiger partial charge in [0.05, 0.1) is 19.1 Å². The Hall–Kier alpha value is -1.36. The van der Waals surface area contributed by atoms with Crippen LogP contribution in [0.15, 0.2) is 4.47 Å². The predicted octanol–water partition coefficient (Wildman–Crippen LogP) is 3.43. The number of methoxy groups -OCH3 is 1. The monoisotopic (exact) mass is 328 g/mol. The van der Waals surface area contributed by atoms with Crippen molar-refractivity contribution in [2.24, 2.45) is 0 Å². The number of ketones is 1. The number of carboxylic acids is 1. The van der Waals surface area contributed by atoms with Gasteiger partial charge in [0.15, 0.2) is 5.78 Å². The van der Waals surface area contributed by atoms with Crippen LogP contribution in [0.5, 0.6) is 5.75 Å².